The Bertz CT molecular complexity index is 899. The molecule has 0 bridgehead atoms. The minimum Gasteiger partial charge on any atom is -0.366 e. The lowest BCUT2D eigenvalue weighted by Gasteiger charge is -2.14. The molecule has 26 heavy (non-hydrogen) atoms. The molecule has 1 aromatic carbocycles. The summed E-state index contributed by atoms with van der Waals surface area (Å²) < 4.78 is 60.9. The van der Waals surface area contributed by atoms with E-state index < -0.39 is 21.6 Å². The monoisotopic (exact) mass is 386 g/mol. The van der Waals surface area contributed by atoms with Crippen LogP contribution in [0.1, 0.15) is 17.8 Å². The predicted octanol–water partition coefficient (Wildman–Crippen LogP) is 3.15. The fraction of sp³-hybridized carbons (Fsp3) is 0.375. The number of nitrogens with zero attached hydrogens (tertiary/aromatic N) is 2. The van der Waals surface area contributed by atoms with Gasteiger partial charge in [-0.25, -0.2) is 18.4 Å². The molecule has 0 amide bonds. The number of halogens is 3. The summed E-state index contributed by atoms with van der Waals surface area (Å²) in [5, 5.41) is 6.00. The number of rotatable bonds is 4. The third-order valence-electron chi connectivity index (χ3n) is 3.91. The molecule has 0 aliphatic carbocycles. The molecule has 1 unspecified atom stereocenters. The van der Waals surface area contributed by atoms with Gasteiger partial charge in [0.15, 0.2) is 9.84 Å². The Morgan fingerprint density at radius 1 is 1.12 bits per heavy atom. The molecule has 10 heteroatoms. The normalized spacial score (nSPS) is 19.3. The first-order valence-corrected chi connectivity index (χ1v) is 9.70. The maximum absolute atomic E-state index is 12.6. The Morgan fingerprint density at radius 2 is 1.77 bits per heavy atom. The van der Waals surface area contributed by atoms with E-state index in [4.69, 9.17) is 0 Å². The molecule has 2 aromatic rings. The lowest BCUT2D eigenvalue weighted by atomic mass is 10.2. The molecule has 0 radical (unpaired) electrons. The minimum absolute atomic E-state index is 0.0533. The summed E-state index contributed by atoms with van der Waals surface area (Å²) in [4.78, 5) is 8.43. The topological polar surface area (TPSA) is 84.0 Å². The number of aromatic nitrogens is 2. The van der Waals surface area contributed by atoms with Crippen molar-refractivity contribution in [1.29, 1.82) is 0 Å². The smallest absolute Gasteiger partial charge is 0.366 e. The average Bonchev–Trinajstić information content (AvgIpc) is 2.85. The Labute approximate surface area is 148 Å². The summed E-state index contributed by atoms with van der Waals surface area (Å²) in [6.45, 7) is 1.68. The first-order valence-electron chi connectivity index (χ1n) is 7.88. The first-order chi connectivity index (χ1) is 12.1. The number of sulfone groups is 1. The minimum atomic E-state index is -4.39. The third-order valence-corrected chi connectivity index (χ3v) is 5.67. The van der Waals surface area contributed by atoms with Crippen LogP contribution in [0.3, 0.4) is 0 Å². The lowest BCUT2D eigenvalue weighted by Crippen LogP contribution is -2.21. The zero-order valence-corrected chi connectivity index (χ0v) is 14.7. The van der Waals surface area contributed by atoms with E-state index in [1.54, 1.807) is 13.0 Å². The quantitative estimate of drug-likeness (QED) is 0.840. The summed E-state index contributed by atoms with van der Waals surface area (Å²) in [6.07, 6.45) is -3.88. The number of benzene rings is 1. The average molecular weight is 386 g/mol. The molecule has 3 rings (SSSR count). The van der Waals surface area contributed by atoms with Gasteiger partial charge in [0.25, 0.3) is 0 Å². The molecule has 0 saturated carbocycles. The van der Waals surface area contributed by atoms with E-state index in [2.05, 4.69) is 20.6 Å². The predicted molar refractivity (Wildman–Crippen MR) is 92.2 cm³/mol. The molecule has 140 valence electrons. The van der Waals surface area contributed by atoms with Crippen LogP contribution in [0.25, 0.3) is 0 Å². The highest BCUT2D eigenvalue weighted by Crippen LogP contribution is 2.30. The Balaban J connectivity index is 1.73. The van der Waals surface area contributed by atoms with Crippen molar-refractivity contribution in [2.24, 2.45) is 0 Å². The van der Waals surface area contributed by atoms with Crippen LogP contribution in [0, 0.1) is 6.92 Å². The highest BCUT2D eigenvalue weighted by Gasteiger charge is 2.30. The van der Waals surface area contributed by atoms with Gasteiger partial charge < -0.3 is 10.6 Å². The maximum Gasteiger partial charge on any atom is 0.416 e. The Kier molecular flexibility index (Phi) is 4.78. The number of aryl methyl sites for hydroxylation is 1. The molecule has 1 aromatic heterocycles. The highest BCUT2D eigenvalue weighted by atomic mass is 32.2. The van der Waals surface area contributed by atoms with Gasteiger partial charge in [-0.05, 0) is 37.6 Å². The zero-order chi connectivity index (χ0) is 18.9. The van der Waals surface area contributed by atoms with Crippen LogP contribution in [0.15, 0.2) is 30.3 Å². The second-order valence-corrected chi connectivity index (χ2v) is 8.36. The van der Waals surface area contributed by atoms with Crippen LogP contribution < -0.4 is 10.6 Å². The molecule has 6 nitrogen and oxygen atoms in total. The largest absolute Gasteiger partial charge is 0.416 e. The van der Waals surface area contributed by atoms with E-state index >= 15 is 0 Å². The van der Waals surface area contributed by atoms with Gasteiger partial charge in [0.1, 0.15) is 17.5 Å². The summed E-state index contributed by atoms with van der Waals surface area (Å²) in [5.41, 5.74) is -0.280. The zero-order valence-electron chi connectivity index (χ0n) is 13.8. The first kappa shape index (κ1) is 18.4. The molecular formula is C16H17F3N4O2S. The van der Waals surface area contributed by atoms with E-state index in [9.17, 15) is 21.6 Å². The van der Waals surface area contributed by atoms with E-state index in [1.165, 1.54) is 12.1 Å². The fourth-order valence-electron chi connectivity index (χ4n) is 2.71. The lowest BCUT2D eigenvalue weighted by molar-refractivity contribution is -0.137. The molecule has 1 saturated heterocycles. The van der Waals surface area contributed by atoms with Gasteiger partial charge in [-0.3, -0.25) is 0 Å². The number of anilines is 3. The number of hydrogen-bond donors (Lipinski definition) is 2. The number of alkyl halides is 3. The van der Waals surface area contributed by atoms with Gasteiger partial charge in [-0.2, -0.15) is 13.2 Å². The Hall–Kier alpha value is -2.36. The third kappa shape index (κ3) is 4.63. The molecule has 1 fully saturated rings. The van der Waals surface area contributed by atoms with Crippen molar-refractivity contribution in [3.63, 3.8) is 0 Å². The van der Waals surface area contributed by atoms with Crippen molar-refractivity contribution < 1.29 is 21.6 Å². The van der Waals surface area contributed by atoms with Crippen molar-refractivity contribution in [1.82, 2.24) is 9.97 Å². The molecular weight excluding hydrogens is 369 g/mol. The molecule has 2 heterocycles. The fourth-order valence-corrected chi connectivity index (χ4v) is 4.39. The molecule has 1 aliphatic rings. The standard InChI is InChI=1S/C16H17F3N4O2S/c1-10-20-14(22-12-4-2-11(3-5-12)16(17,18)19)8-15(21-10)23-13-6-7-26(24,25)9-13/h2-5,8,13H,6-7,9H2,1H3,(H2,20,21,22,23). The van der Waals surface area contributed by atoms with Gasteiger partial charge in [-0.1, -0.05) is 0 Å². The van der Waals surface area contributed by atoms with Crippen LogP contribution in [-0.2, 0) is 16.0 Å². The van der Waals surface area contributed by atoms with E-state index in [0.29, 0.717) is 29.6 Å². The van der Waals surface area contributed by atoms with Gasteiger partial charge in [0.2, 0.25) is 0 Å². The van der Waals surface area contributed by atoms with Gasteiger partial charge in [-0.15, -0.1) is 0 Å². The van der Waals surface area contributed by atoms with Crippen LogP contribution >= 0.6 is 0 Å². The van der Waals surface area contributed by atoms with Crippen molar-refractivity contribution in [3.8, 4) is 0 Å². The molecule has 2 N–H and O–H groups in total. The van der Waals surface area contributed by atoms with Gasteiger partial charge in [0, 0.05) is 17.8 Å². The van der Waals surface area contributed by atoms with E-state index in [-0.39, 0.29) is 17.5 Å². The van der Waals surface area contributed by atoms with Crippen molar-refractivity contribution in [2.75, 3.05) is 22.1 Å². The second kappa shape index (κ2) is 6.75. The maximum atomic E-state index is 12.6. The van der Waals surface area contributed by atoms with Crippen LogP contribution in [0.5, 0.6) is 0 Å². The summed E-state index contributed by atoms with van der Waals surface area (Å²) in [7, 11) is -3.01. The van der Waals surface area contributed by atoms with Crippen molar-refractivity contribution in [2.45, 2.75) is 25.6 Å². The van der Waals surface area contributed by atoms with Crippen LogP contribution in [0.2, 0.25) is 0 Å². The second-order valence-electron chi connectivity index (χ2n) is 6.13. The molecule has 0 spiro atoms. The number of hydrogen-bond acceptors (Lipinski definition) is 6. The van der Waals surface area contributed by atoms with E-state index in [0.717, 1.165) is 12.1 Å². The summed E-state index contributed by atoms with van der Waals surface area (Å²) in [5.74, 6) is 1.52. The van der Waals surface area contributed by atoms with Crippen LogP contribution in [0.4, 0.5) is 30.5 Å². The summed E-state index contributed by atoms with van der Waals surface area (Å²) in [6, 6.07) is 5.98. The Morgan fingerprint density at radius 3 is 2.35 bits per heavy atom. The van der Waals surface area contributed by atoms with Gasteiger partial charge >= 0.3 is 6.18 Å². The highest BCUT2D eigenvalue weighted by molar-refractivity contribution is 7.91. The van der Waals surface area contributed by atoms with Crippen molar-refractivity contribution in [3.05, 3.63) is 41.7 Å². The molecule has 1 aliphatic heterocycles. The van der Waals surface area contributed by atoms with Crippen molar-refractivity contribution >= 4 is 27.2 Å². The SMILES string of the molecule is Cc1nc(Nc2ccc(C(F)(F)F)cc2)cc(NC2CCS(=O)(=O)C2)n1. The van der Waals surface area contributed by atoms with Crippen LogP contribution in [-0.4, -0.2) is 35.9 Å². The van der Waals surface area contributed by atoms with Gasteiger partial charge in [0.05, 0.1) is 17.1 Å². The number of nitrogens with one attached hydrogen (secondary N) is 2. The van der Waals surface area contributed by atoms with E-state index in [1.807, 2.05) is 0 Å². The summed E-state index contributed by atoms with van der Waals surface area (Å²) >= 11 is 0. The molecule has 1 atom stereocenters.